The molecule has 1 aliphatic carbocycles. The number of rotatable bonds is 0. The second kappa shape index (κ2) is 7.57. The largest absolute Gasteiger partial charge is 0.264 e. The van der Waals surface area contributed by atoms with Crippen LogP contribution in [0.4, 0.5) is 0 Å². The summed E-state index contributed by atoms with van der Waals surface area (Å²) in [6, 6.07) is 28.2. The number of fused-ring (bicyclic) bond motifs is 6. The maximum atomic E-state index is 4.01. The molecule has 4 aromatic carbocycles. The third-order valence-electron chi connectivity index (χ3n) is 6.41. The Labute approximate surface area is 178 Å². The molecule has 6 rings (SSSR count). The summed E-state index contributed by atoms with van der Waals surface area (Å²) >= 11 is 0. The van der Waals surface area contributed by atoms with E-state index in [0.717, 1.165) is 0 Å². The molecule has 0 atom stereocenters. The highest BCUT2D eigenvalue weighted by molar-refractivity contribution is 6.08. The van der Waals surface area contributed by atoms with Crippen LogP contribution < -0.4 is 0 Å². The molecule has 30 heavy (non-hydrogen) atoms. The number of hydrogen-bond acceptors (Lipinski definition) is 1. The number of hydrogen-bond donors (Lipinski definition) is 0. The summed E-state index contributed by atoms with van der Waals surface area (Å²) < 4.78 is 0. The Morgan fingerprint density at radius 3 is 2.23 bits per heavy atom. The van der Waals surface area contributed by atoms with Crippen LogP contribution in [0.2, 0.25) is 0 Å². The number of aryl methyl sites for hydroxylation is 1. The minimum atomic E-state index is 0.437. The molecule has 0 unspecified atom stereocenters. The highest BCUT2D eigenvalue weighted by Crippen LogP contribution is 2.39. The number of aromatic nitrogens is 1. The van der Waals surface area contributed by atoms with Gasteiger partial charge in [-0.3, -0.25) is 4.98 Å². The molecular weight excluding hydrogens is 362 g/mol. The lowest BCUT2D eigenvalue weighted by Gasteiger charge is -2.32. The average molecular weight is 390 g/mol. The first-order chi connectivity index (χ1) is 14.6. The molecule has 0 N–H and O–H groups in total. The van der Waals surface area contributed by atoms with Crippen molar-refractivity contribution in [2.24, 2.45) is 5.41 Å². The molecule has 1 aliphatic rings. The quantitative estimate of drug-likeness (QED) is 0.247. The zero-order valence-electron chi connectivity index (χ0n) is 17.7. The van der Waals surface area contributed by atoms with Gasteiger partial charge in [0.05, 0.1) is 0 Å². The van der Waals surface area contributed by atoms with E-state index < -0.39 is 0 Å². The van der Waals surface area contributed by atoms with Gasteiger partial charge < -0.3 is 0 Å². The van der Waals surface area contributed by atoms with Crippen molar-refractivity contribution >= 4 is 32.3 Å². The van der Waals surface area contributed by atoms with Crippen LogP contribution in [0.1, 0.15) is 31.4 Å². The van der Waals surface area contributed by atoms with Crippen molar-refractivity contribution in [1.29, 1.82) is 0 Å². The topological polar surface area (TPSA) is 12.9 Å². The number of pyridine rings is 1. The summed E-state index contributed by atoms with van der Waals surface area (Å²) in [7, 11) is 0. The van der Waals surface area contributed by atoms with E-state index in [1.165, 1.54) is 51.6 Å². The summed E-state index contributed by atoms with van der Waals surface area (Å²) in [5, 5.41) is 8.06. The SMILES string of the molecule is CC1(C)CCc2ccc3c(ccc4ccccc43)c2C1.c1ccc2cnccc2c1. The molecule has 0 spiro atoms. The fourth-order valence-corrected chi connectivity index (χ4v) is 4.71. The van der Waals surface area contributed by atoms with Crippen LogP contribution in [0.25, 0.3) is 32.3 Å². The van der Waals surface area contributed by atoms with Gasteiger partial charge in [-0.1, -0.05) is 86.6 Å². The molecular formula is C29H27N. The number of nitrogens with zero attached hydrogens (tertiary/aromatic N) is 1. The van der Waals surface area contributed by atoms with E-state index in [4.69, 9.17) is 0 Å². The van der Waals surface area contributed by atoms with E-state index in [1.807, 2.05) is 30.6 Å². The zero-order chi connectivity index (χ0) is 20.6. The Hall–Kier alpha value is -3.19. The molecule has 0 amide bonds. The smallest absolute Gasteiger partial charge is 0.0346 e. The highest BCUT2D eigenvalue weighted by atomic mass is 14.6. The van der Waals surface area contributed by atoms with Crippen molar-refractivity contribution in [1.82, 2.24) is 4.98 Å². The molecule has 148 valence electrons. The Bertz CT molecular complexity index is 1280. The van der Waals surface area contributed by atoms with Crippen molar-refractivity contribution in [3.05, 3.63) is 102 Å². The fourth-order valence-electron chi connectivity index (χ4n) is 4.71. The van der Waals surface area contributed by atoms with Crippen molar-refractivity contribution in [2.45, 2.75) is 33.1 Å². The van der Waals surface area contributed by atoms with Crippen LogP contribution in [0, 0.1) is 5.41 Å². The van der Waals surface area contributed by atoms with E-state index in [0.29, 0.717) is 5.41 Å². The van der Waals surface area contributed by atoms with Gasteiger partial charge in [-0.15, -0.1) is 0 Å². The standard InChI is InChI=1S/C20H20.C9H7N/c1-20(2)12-11-15-8-9-17-16-6-4-3-5-14(16)7-10-18(17)19(15)13-20;1-2-4-9-7-10-6-5-8(9)3-1/h3-10H,11-13H2,1-2H3;1-7H. The maximum Gasteiger partial charge on any atom is 0.0346 e. The first kappa shape index (κ1) is 18.8. The molecule has 1 aromatic heterocycles. The molecule has 0 fully saturated rings. The summed E-state index contributed by atoms with van der Waals surface area (Å²) in [6.07, 6.45) is 7.42. The molecule has 1 nitrogen and oxygen atoms in total. The molecule has 0 saturated carbocycles. The molecule has 0 aliphatic heterocycles. The van der Waals surface area contributed by atoms with Gasteiger partial charge in [0.25, 0.3) is 0 Å². The second-order valence-corrected chi connectivity index (χ2v) is 9.15. The van der Waals surface area contributed by atoms with Gasteiger partial charge in [0.15, 0.2) is 0 Å². The molecule has 0 bridgehead atoms. The van der Waals surface area contributed by atoms with Gasteiger partial charge in [0.1, 0.15) is 0 Å². The Morgan fingerprint density at radius 1 is 0.667 bits per heavy atom. The van der Waals surface area contributed by atoms with Crippen LogP contribution in [-0.4, -0.2) is 4.98 Å². The third-order valence-corrected chi connectivity index (χ3v) is 6.41. The summed E-state index contributed by atoms with van der Waals surface area (Å²) in [4.78, 5) is 4.01. The van der Waals surface area contributed by atoms with E-state index in [9.17, 15) is 0 Å². The van der Waals surface area contributed by atoms with Gasteiger partial charge >= 0.3 is 0 Å². The summed E-state index contributed by atoms with van der Waals surface area (Å²) in [5.74, 6) is 0. The predicted octanol–water partition coefficient (Wildman–Crippen LogP) is 7.74. The van der Waals surface area contributed by atoms with Gasteiger partial charge in [-0.25, -0.2) is 0 Å². The zero-order valence-corrected chi connectivity index (χ0v) is 17.7. The fraction of sp³-hybridized carbons (Fsp3) is 0.207. The van der Waals surface area contributed by atoms with E-state index >= 15 is 0 Å². The van der Waals surface area contributed by atoms with E-state index in [2.05, 4.69) is 79.5 Å². The average Bonchev–Trinajstić information content (AvgIpc) is 2.78. The van der Waals surface area contributed by atoms with Crippen LogP contribution in [-0.2, 0) is 12.8 Å². The molecule has 0 saturated heterocycles. The van der Waals surface area contributed by atoms with E-state index in [-0.39, 0.29) is 0 Å². The van der Waals surface area contributed by atoms with Gasteiger partial charge in [0.2, 0.25) is 0 Å². The van der Waals surface area contributed by atoms with Crippen molar-refractivity contribution in [3.8, 4) is 0 Å². The van der Waals surface area contributed by atoms with Crippen LogP contribution in [0.3, 0.4) is 0 Å². The van der Waals surface area contributed by atoms with Crippen LogP contribution in [0.5, 0.6) is 0 Å². The van der Waals surface area contributed by atoms with Crippen molar-refractivity contribution in [3.63, 3.8) is 0 Å². The monoisotopic (exact) mass is 389 g/mol. The highest BCUT2D eigenvalue weighted by Gasteiger charge is 2.26. The summed E-state index contributed by atoms with van der Waals surface area (Å²) in [6.45, 7) is 4.80. The lowest BCUT2D eigenvalue weighted by atomic mass is 9.73. The van der Waals surface area contributed by atoms with Gasteiger partial charge in [-0.2, -0.15) is 0 Å². The lowest BCUT2D eigenvalue weighted by Crippen LogP contribution is -2.22. The first-order valence-electron chi connectivity index (χ1n) is 10.8. The van der Waals surface area contributed by atoms with Crippen LogP contribution in [0.15, 0.2) is 91.3 Å². The van der Waals surface area contributed by atoms with Crippen molar-refractivity contribution < 1.29 is 0 Å². The van der Waals surface area contributed by atoms with Crippen LogP contribution >= 0.6 is 0 Å². The first-order valence-corrected chi connectivity index (χ1v) is 10.8. The Kier molecular flexibility index (Phi) is 4.75. The number of benzene rings is 4. The predicted molar refractivity (Wildman–Crippen MR) is 129 cm³/mol. The van der Waals surface area contributed by atoms with E-state index in [1.54, 1.807) is 11.1 Å². The molecule has 5 aromatic rings. The summed E-state index contributed by atoms with van der Waals surface area (Å²) in [5.41, 5.74) is 3.59. The van der Waals surface area contributed by atoms with Gasteiger partial charge in [0, 0.05) is 12.4 Å². The molecule has 1 heteroatoms. The lowest BCUT2D eigenvalue weighted by molar-refractivity contribution is 0.317. The minimum absolute atomic E-state index is 0.437. The minimum Gasteiger partial charge on any atom is -0.264 e. The normalized spacial score (nSPS) is 14.9. The maximum absolute atomic E-state index is 4.01. The molecule has 1 heterocycles. The van der Waals surface area contributed by atoms with Crippen molar-refractivity contribution in [2.75, 3.05) is 0 Å². The van der Waals surface area contributed by atoms with Gasteiger partial charge in [-0.05, 0) is 74.2 Å². The third kappa shape index (κ3) is 3.57. The Balaban J connectivity index is 0.000000161. The Morgan fingerprint density at radius 2 is 1.40 bits per heavy atom. The second-order valence-electron chi connectivity index (χ2n) is 9.15. The molecule has 0 radical (unpaired) electrons.